The van der Waals surface area contributed by atoms with Crippen LogP contribution >= 0.6 is 0 Å². The van der Waals surface area contributed by atoms with Crippen LogP contribution in [0.2, 0.25) is 0 Å². The van der Waals surface area contributed by atoms with Gasteiger partial charge in [0.15, 0.2) is 0 Å². The van der Waals surface area contributed by atoms with Gasteiger partial charge in [-0.1, -0.05) is 17.7 Å². The minimum atomic E-state index is -4.45. The molecule has 0 aliphatic heterocycles. The van der Waals surface area contributed by atoms with Crippen molar-refractivity contribution in [2.75, 3.05) is 0 Å². The van der Waals surface area contributed by atoms with Gasteiger partial charge in [-0.3, -0.25) is 9.48 Å². The maximum absolute atomic E-state index is 13.4. The highest BCUT2D eigenvalue weighted by atomic mass is 19.4. The summed E-state index contributed by atoms with van der Waals surface area (Å²) in [5.74, 6) is 0.450. The Labute approximate surface area is 147 Å². The molecule has 0 bridgehead atoms. The van der Waals surface area contributed by atoms with Crippen LogP contribution in [0.5, 0.6) is 0 Å². The van der Waals surface area contributed by atoms with Crippen molar-refractivity contribution in [2.45, 2.75) is 33.0 Å². The van der Waals surface area contributed by atoms with Gasteiger partial charge in [-0.2, -0.15) is 18.3 Å². The first-order valence-electron chi connectivity index (χ1n) is 7.95. The summed E-state index contributed by atoms with van der Waals surface area (Å²) in [6, 6.07) is 4.95. The van der Waals surface area contributed by atoms with Crippen molar-refractivity contribution in [2.24, 2.45) is 0 Å². The van der Waals surface area contributed by atoms with E-state index in [0.717, 1.165) is 6.07 Å². The van der Waals surface area contributed by atoms with Gasteiger partial charge in [0.25, 0.3) is 5.56 Å². The molecule has 0 aliphatic rings. The van der Waals surface area contributed by atoms with Crippen LogP contribution in [0.1, 0.15) is 35.5 Å². The lowest BCUT2D eigenvalue weighted by Crippen LogP contribution is -2.15. The molecular formula is C18H17F3N4O. The summed E-state index contributed by atoms with van der Waals surface area (Å²) in [7, 11) is 0. The second kappa shape index (κ2) is 6.44. The third-order valence-corrected chi connectivity index (χ3v) is 4.12. The molecule has 3 aromatic rings. The van der Waals surface area contributed by atoms with Crippen molar-refractivity contribution in [3.8, 4) is 11.3 Å². The average molecular weight is 362 g/mol. The molecule has 8 heteroatoms. The lowest BCUT2D eigenvalue weighted by molar-refractivity contribution is -0.138. The maximum atomic E-state index is 13.4. The molecule has 1 unspecified atom stereocenters. The van der Waals surface area contributed by atoms with E-state index in [9.17, 15) is 18.0 Å². The van der Waals surface area contributed by atoms with E-state index in [2.05, 4.69) is 15.1 Å². The van der Waals surface area contributed by atoms with Crippen LogP contribution in [-0.2, 0) is 6.18 Å². The zero-order chi connectivity index (χ0) is 19.1. The minimum absolute atomic E-state index is 0.132. The molecule has 1 aromatic carbocycles. The summed E-state index contributed by atoms with van der Waals surface area (Å²) >= 11 is 0. The van der Waals surface area contributed by atoms with Gasteiger partial charge < -0.3 is 4.98 Å². The molecule has 0 spiro atoms. The topological polar surface area (TPSA) is 63.6 Å². The number of aromatic amines is 1. The Bertz CT molecular complexity index is 1000. The molecular weight excluding hydrogens is 345 g/mol. The standard InChI is InChI=1S/C18H17F3N4O/c1-10-4-5-14(15(6-10)18(19,20)21)11(2)25-9-13(8-22-25)16-7-17(26)24-12(3)23-16/h4-9,11H,1-3H3,(H,23,24,26). The number of aromatic nitrogens is 4. The lowest BCUT2D eigenvalue weighted by Gasteiger charge is -2.19. The molecule has 5 nitrogen and oxygen atoms in total. The van der Waals surface area contributed by atoms with Gasteiger partial charge in [0.05, 0.1) is 23.5 Å². The van der Waals surface area contributed by atoms with Crippen LogP contribution in [0.4, 0.5) is 13.2 Å². The van der Waals surface area contributed by atoms with Crippen molar-refractivity contribution in [3.05, 3.63) is 69.5 Å². The normalized spacial score (nSPS) is 13.0. The average Bonchev–Trinajstić information content (AvgIpc) is 3.02. The summed E-state index contributed by atoms with van der Waals surface area (Å²) in [5.41, 5.74) is 0.681. The molecule has 0 saturated heterocycles. The molecule has 0 aliphatic carbocycles. The van der Waals surface area contributed by atoms with E-state index in [1.165, 1.54) is 23.0 Å². The van der Waals surface area contributed by atoms with Crippen molar-refractivity contribution in [1.82, 2.24) is 19.7 Å². The monoisotopic (exact) mass is 362 g/mol. The highest BCUT2D eigenvalue weighted by Gasteiger charge is 2.35. The Morgan fingerprint density at radius 2 is 1.92 bits per heavy atom. The fourth-order valence-electron chi connectivity index (χ4n) is 2.83. The number of benzene rings is 1. The maximum Gasteiger partial charge on any atom is 0.416 e. The van der Waals surface area contributed by atoms with E-state index in [-0.39, 0.29) is 11.1 Å². The number of aryl methyl sites for hydroxylation is 2. The highest BCUT2D eigenvalue weighted by Crippen LogP contribution is 2.36. The van der Waals surface area contributed by atoms with Gasteiger partial charge >= 0.3 is 6.18 Å². The van der Waals surface area contributed by atoms with E-state index in [0.29, 0.717) is 22.6 Å². The molecule has 1 atom stereocenters. The number of nitrogens with one attached hydrogen (secondary N) is 1. The van der Waals surface area contributed by atoms with Crippen LogP contribution in [0.3, 0.4) is 0 Å². The highest BCUT2D eigenvalue weighted by molar-refractivity contribution is 5.56. The van der Waals surface area contributed by atoms with E-state index in [4.69, 9.17) is 0 Å². The van der Waals surface area contributed by atoms with Gasteiger partial charge in [-0.05, 0) is 32.4 Å². The van der Waals surface area contributed by atoms with Crippen molar-refractivity contribution < 1.29 is 13.2 Å². The molecule has 0 fully saturated rings. The summed E-state index contributed by atoms with van der Waals surface area (Å²) in [6.07, 6.45) is -1.37. The minimum Gasteiger partial charge on any atom is -0.311 e. The van der Waals surface area contributed by atoms with E-state index in [1.54, 1.807) is 33.0 Å². The van der Waals surface area contributed by atoms with Crippen molar-refractivity contribution in [3.63, 3.8) is 0 Å². The number of H-pyrrole nitrogens is 1. The molecule has 1 N–H and O–H groups in total. The van der Waals surface area contributed by atoms with E-state index >= 15 is 0 Å². The number of hydrogen-bond acceptors (Lipinski definition) is 3. The van der Waals surface area contributed by atoms with E-state index in [1.807, 2.05) is 0 Å². The molecule has 0 amide bonds. The first-order valence-corrected chi connectivity index (χ1v) is 7.95. The van der Waals surface area contributed by atoms with Crippen LogP contribution in [0, 0.1) is 13.8 Å². The van der Waals surface area contributed by atoms with Crippen LogP contribution < -0.4 is 5.56 Å². The fraction of sp³-hybridized carbons (Fsp3) is 0.278. The van der Waals surface area contributed by atoms with Crippen LogP contribution in [-0.4, -0.2) is 19.7 Å². The van der Waals surface area contributed by atoms with Gasteiger partial charge in [0.1, 0.15) is 5.82 Å². The number of alkyl halides is 3. The molecule has 0 radical (unpaired) electrons. The summed E-state index contributed by atoms with van der Waals surface area (Å²) in [4.78, 5) is 18.4. The molecule has 26 heavy (non-hydrogen) atoms. The lowest BCUT2D eigenvalue weighted by atomic mass is 9.99. The van der Waals surface area contributed by atoms with Crippen LogP contribution in [0.15, 0.2) is 41.5 Å². The smallest absolute Gasteiger partial charge is 0.311 e. The fourth-order valence-corrected chi connectivity index (χ4v) is 2.83. The first-order chi connectivity index (χ1) is 12.1. The van der Waals surface area contributed by atoms with Gasteiger partial charge in [-0.15, -0.1) is 0 Å². The zero-order valence-electron chi connectivity index (χ0n) is 14.4. The number of halogens is 3. The number of nitrogens with zero attached hydrogens (tertiary/aromatic N) is 3. The number of hydrogen-bond donors (Lipinski definition) is 1. The molecule has 2 aromatic heterocycles. The van der Waals surface area contributed by atoms with Gasteiger partial charge in [0, 0.05) is 17.8 Å². The van der Waals surface area contributed by atoms with Gasteiger partial charge in [-0.25, -0.2) is 4.98 Å². The zero-order valence-corrected chi connectivity index (χ0v) is 14.4. The third-order valence-electron chi connectivity index (χ3n) is 4.12. The SMILES string of the molecule is Cc1ccc(C(C)n2cc(-c3cc(=O)[nH]c(C)n3)cn2)c(C(F)(F)F)c1. The second-order valence-corrected chi connectivity index (χ2v) is 6.19. The predicted molar refractivity (Wildman–Crippen MR) is 90.8 cm³/mol. The molecule has 136 valence electrons. The Morgan fingerprint density at radius 3 is 2.58 bits per heavy atom. The first kappa shape index (κ1) is 17.9. The summed E-state index contributed by atoms with van der Waals surface area (Å²) < 4.78 is 41.6. The Balaban J connectivity index is 2.01. The van der Waals surface area contributed by atoms with E-state index < -0.39 is 17.8 Å². The van der Waals surface area contributed by atoms with Gasteiger partial charge in [0.2, 0.25) is 0 Å². The Kier molecular flexibility index (Phi) is 4.43. The summed E-state index contributed by atoms with van der Waals surface area (Å²) in [5, 5.41) is 4.17. The largest absolute Gasteiger partial charge is 0.416 e. The summed E-state index contributed by atoms with van der Waals surface area (Å²) in [6.45, 7) is 4.92. The quantitative estimate of drug-likeness (QED) is 0.769. The van der Waals surface area contributed by atoms with Crippen molar-refractivity contribution in [1.29, 1.82) is 0 Å². The second-order valence-electron chi connectivity index (χ2n) is 6.19. The van der Waals surface area contributed by atoms with Crippen molar-refractivity contribution >= 4 is 0 Å². The van der Waals surface area contributed by atoms with Crippen LogP contribution in [0.25, 0.3) is 11.3 Å². The Hall–Kier alpha value is -2.90. The third kappa shape index (κ3) is 3.54. The number of rotatable bonds is 3. The molecule has 0 saturated carbocycles. The Morgan fingerprint density at radius 1 is 1.19 bits per heavy atom. The molecule has 3 rings (SSSR count). The predicted octanol–water partition coefficient (Wildman–Crippen LogP) is 3.88. The molecule has 2 heterocycles.